The highest BCUT2D eigenvalue weighted by Gasteiger charge is 2.26. The maximum atomic E-state index is 6.41. The molecular weight excluding hydrogens is 226 g/mol. The molecule has 1 aliphatic carbocycles. The molecule has 3 heteroatoms. The predicted molar refractivity (Wildman–Crippen MR) is 73.2 cm³/mol. The Labute approximate surface area is 109 Å². The van der Waals surface area contributed by atoms with E-state index in [0.717, 1.165) is 22.6 Å². The van der Waals surface area contributed by atoms with Gasteiger partial charge in [0.05, 0.1) is 14.2 Å². The molecule has 18 heavy (non-hydrogen) atoms. The molecule has 0 bridgehead atoms. The predicted octanol–water partition coefficient (Wildman–Crippen LogP) is 3.20. The van der Waals surface area contributed by atoms with Crippen molar-refractivity contribution in [2.45, 2.75) is 38.6 Å². The fourth-order valence-electron chi connectivity index (χ4n) is 2.90. The van der Waals surface area contributed by atoms with Crippen LogP contribution in [0.3, 0.4) is 0 Å². The van der Waals surface area contributed by atoms with Gasteiger partial charge in [-0.05, 0) is 43.4 Å². The first-order valence-electron chi connectivity index (χ1n) is 6.65. The highest BCUT2D eigenvalue weighted by molar-refractivity contribution is 5.47. The second-order valence-electron chi connectivity index (χ2n) is 5.13. The van der Waals surface area contributed by atoms with Crippen molar-refractivity contribution in [1.82, 2.24) is 0 Å². The zero-order valence-electron chi connectivity index (χ0n) is 11.5. The number of ether oxygens (including phenoxy) is 2. The van der Waals surface area contributed by atoms with E-state index >= 15 is 0 Å². The molecule has 1 atom stereocenters. The number of hydrogen-bond donors (Lipinski definition) is 1. The molecule has 2 rings (SSSR count). The fourth-order valence-corrected chi connectivity index (χ4v) is 2.90. The Hall–Kier alpha value is -1.22. The summed E-state index contributed by atoms with van der Waals surface area (Å²) < 4.78 is 10.9. The van der Waals surface area contributed by atoms with Gasteiger partial charge in [-0.1, -0.05) is 12.8 Å². The van der Waals surface area contributed by atoms with E-state index in [0.29, 0.717) is 5.92 Å². The zero-order valence-corrected chi connectivity index (χ0v) is 11.5. The van der Waals surface area contributed by atoms with Crippen LogP contribution in [0.15, 0.2) is 12.1 Å². The first kappa shape index (κ1) is 13.2. The van der Waals surface area contributed by atoms with E-state index in [1.165, 1.54) is 25.7 Å². The number of nitrogens with two attached hydrogens (primary N) is 1. The first-order chi connectivity index (χ1) is 8.67. The molecule has 0 radical (unpaired) electrons. The number of aryl methyl sites for hydroxylation is 1. The minimum atomic E-state index is 0.0527. The molecule has 0 aliphatic heterocycles. The third-order valence-corrected chi connectivity index (χ3v) is 4.01. The van der Waals surface area contributed by atoms with Crippen molar-refractivity contribution >= 4 is 0 Å². The van der Waals surface area contributed by atoms with Gasteiger partial charge < -0.3 is 15.2 Å². The Morgan fingerprint density at radius 2 is 1.72 bits per heavy atom. The minimum Gasteiger partial charge on any atom is -0.496 e. The first-order valence-corrected chi connectivity index (χ1v) is 6.65. The van der Waals surface area contributed by atoms with Gasteiger partial charge in [-0.2, -0.15) is 0 Å². The Bertz CT molecular complexity index is 411. The molecule has 1 aliphatic rings. The van der Waals surface area contributed by atoms with E-state index in [4.69, 9.17) is 15.2 Å². The smallest absolute Gasteiger partial charge is 0.124 e. The Balaban J connectivity index is 2.34. The van der Waals surface area contributed by atoms with Crippen molar-refractivity contribution in [2.75, 3.05) is 14.2 Å². The molecule has 0 aromatic heterocycles. The highest BCUT2D eigenvalue weighted by atomic mass is 16.5. The quantitative estimate of drug-likeness (QED) is 0.891. The number of hydrogen-bond acceptors (Lipinski definition) is 3. The van der Waals surface area contributed by atoms with Crippen molar-refractivity contribution in [3.05, 3.63) is 23.3 Å². The van der Waals surface area contributed by atoms with E-state index in [9.17, 15) is 0 Å². The SMILES string of the molecule is COc1cc(C(N)C2CCCC2)c(OC)cc1C. The van der Waals surface area contributed by atoms with Gasteiger partial charge in [0, 0.05) is 11.6 Å². The lowest BCUT2D eigenvalue weighted by molar-refractivity contribution is 0.376. The second-order valence-corrected chi connectivity index (χ2v) is 5.13. The lowest BCUT2D eigenvalue weighted by atomic mass is 9.91. The lowest BCUT2D eigenvalue weighted by Gasteiger charge is -2.22. The number of rotatable bonds is 4. The van der Waals surface area contributed by atoms with Gasteiger partial charge in [-0.15, -0.1) is 0 Å². The average molecular weight is 249 g/mol. The van der Waals surface area contributed by atoms with Crippen LogP contribution in [0.5, 0.6) is 11.5 Å². The summed E-state index contributed by atoms with van der Waals surface area (Å²) in [5.74, 6) is 2.35. The van der Waals surface area contributed by atoms with E-state index in [-0.39, 0.29) is 6.04 Å². The monoisotopic (exact) mass is 249 g/mol. The molecule has 100 valence electrons. The summed E-state index contributed by atoms with van der Waals surface area (Å²) in [4.78, 5) is 0. The van der Waals surface area contributed by atoms with E-state index in [2.05, 4.69) is 0 Å². The maximum Gasteiger partial charge on any atom is 0.124 e. The molecule has 0 heterocycles. The Morgan fingerprint density at radius 3 is 2.28 bits per heavy atom. The summed E-state index contributed by atoms with van der Waals surface area (Å²) in [6.45, 7) is 2.02. The van der Waals surface area contributed by atoms with Crippen LogP contribution in [-0.4, -0.2) is 14.2 Å². The number of methoxy groups -OCH3 is 2. The van der Waals surface area contributed by atoms with Crippen LogP contribution in [-0.2, 0) is 0 Å². The standard InChI is InChI=1S/C15H23NO2/c1-10-8-14(18-3)12(9-13(10)17-2)15(16)11-6-4-5-7-11/h8-9,11,15H,4-7,16H2,1-3H3. The average Bonchev–Trinajstić information content (AvgIpc) is 2.91. The summed E-state index contributed by atoms with van der Waals surface area (Å²) in [6, 6.07) is 4.11. The van der Waals surface area contributed by atoms with Crippen LogP contribution in [0.1, 0.15) is 42.9 Å². The van der Waals surface area contributed by atoms with Crippen molar-refractivity contribution < 1.29 is 9.47 Å². The van der Waals surface area contributed by atoms with Gasteiger partial charge in [-0.3, -0.25) is 0 Å². The molecule has 0 spiro atoms. The van der Waals surface area contributed by atoms with Crippen LogP contribution in [0, 0.1) is 12.8 Å². The van der Waals surface area contributed by atoms with Crippen LogP contribution in [0.25, 0.3) is 0 Å². The summed E-state index contributed by atoms with van der Waals surface area (Å²) in [5, 5.41) is 0. The van der Waals surface area contributed by atoms with E-state index in [1.54, 1.807) is 14.2 Å². The third kappa shape index (κ3) is 2.46. The normalized spacial score (nSPS) is 17.8. The summed E-state index contributed by atoms with van der Waals surface area (Å²) in [6.07, 6.45) is 5.04. The van der Waals surface area contributed by atoms with Crippen molar-refractivity contribution in [3.8, 4) is 11.5 Å². The van der Waals surface area contributed by atoms with Crippen molar-refractivity contribution in [1.29, 1.82) is 0 Å². The van der Waals surface area contributed by atoms with E-state index < -0.39 is 0 Å². The summed E-state index contributed by atoms with van der Waals surface area (Å²) in [5.41, 5.74) is 8.57. The molecule has 0 saturated heterocycles. The van der Waals surface area contributed by atoms with Gasteiger partial charge in [0.25, 0.3) is 0 Å². The topological polar surface area (TPSA) is 44.5 Å². The fraction of sp³-hybridized carbons (Fsp3) is 0.600. The Kier molecular flexibility index (Phi) is 4.12. The van der Waals surface area contributed by atoms with Crippen LogP contribution in [0.4, 0.5) is 0 Å². The van der Waals surface area contributed by atoms with Gasteiger partial charge in [0.1, 0.15) is 11.5 Å². The molecule has 3 nitrogen and oxygen atoms in total. The van der Waals surface area contributed by atoms with Crippen LogP contribution in [0.2, 0.25) is 0 Å². The van der Waals surface area contributed by atoms with Gasteiger partial charge in [0.2, 0.25) is 0 Å². The maximum absolute atomic E-state index is 6.41. The van der Waals surface area contributed by atoms with E-state index in [1.807, 2.05) is 19.1 Å². The number of benzene rings is 1. The lowest BCUT2D eigenvalue weighted by Crippen LogP contribution is -2.20. The van der Waals surface area contributed by atoms with Crippen LogP contribution >= 0.6 is 0 Å². The largest absolute Gasteiger partial charge is 0.496 e. The van der Waals surface area contributed by atoms with Crippen molar-refractivity contribution in [2.24, 2.45) is 11.7 Å². The molecular formula is C15H23NO2. The molecule has 1 fully saturated rings. The third-order valence-electron chi connectivity index (χ3n) is 4.01. The Morgan fingerprint density at radius 1 is 1.11 bits per heavy atom. The highest BCUT2D eigenvalue weighted by Crippen LogP contribution is 2.39. The summed E-state index contributed by atoms with van der Waals surface area (Å²) >= 11 is 0. The molecule has 1 saturated carbocycles. The van der Waals surface area contributed by atoms with Gasteiger partial charge in [-0.25, -0.2) is 0 Å². The zero-order chi connectivity index (χ0) is 13.1. The molecule has 0 amide bonds. The van der Waals surface area contributed by atoms with Crippen LogP contribution < -0.4 is 15.2 Å². The summed E-state index contributed by atoms with van der Waals surface area (Å²) in [7, 11) is 3.39. The second kappa shape index (κ2) is 5.61. The molecule has 1 aromatic rings. The molecule has 2 N–H and O–H groups in total. The van der Waals surface area contributed by atoms with Gasteiger partial charge in [0.15, 0.2) is 0 Å². The minimum absolute atomic E-state index is 0.0527. The van der Waals surface area contributed by atoms with Crippen molar-refractivity contribution in [3.63, 3.8) is 0 Å². The molecule has 1 unspecified atom stereocenters. The van der Waals surface area contributed by atoms with Gasteiger partial charge >= 0.3 is 0 Å². The molecule has 1 aromatic carbocycles.